The molecule has 2 aromatic carbocycles. The fourth-order valence-corrected chi connectivity index (χ4v) is 3.50. The van der Waals surface area contributed by atoms with E-state index in [4.69, 9.17) is 4.74 Å². The van der Waals surface area contributed by atoms with Crippen molar-refractivity contribution in [2.75, 3.05) is 13.7 Å². The quantitative estimate of drug-likeness (QED) is 0.810. The van der Waals surface area contributed by atoms with Crippen LogP contribution in [-0.2, 0) is 11.3 Å². The number of carbonyl (C=O) groups excluding carboxylic acids is 1. The summed E-state index contributed by atoms with van der Waals surface area (Å²) in [6.45, 7) is 0.750. The second-order valence-corrected chi connectivity index (χ2v) is 7.17. The average Bonchev–Trinajstić information content (AvgIpc) is 2.60. The van der Waals surface area contributed by atoms with E-state index in [1.165, 1.54) is 37.0 Å². The highest BCUT2D eigenvalue weighted by Crippen LogP contribution is 2.36. The third-order valence-electron chi connectivity index (χ3n) is 5.28. The molecule has 1 aliphatic carbocycles. The van der Waals surface area contributed by atoms with Crippen LogP contribution in [0.1, 0.15) is 41.9 Å². The minimum Gasteiger partial charge on any atom is -0.488 e. The third kappa shape index (κ3) is 3.36. The Balaban J connectivity index is 1.44. The van der Waals surface area contributed by atoms with Gasteiger partial charge < -0.3 is 9.64 Å². The molecule has 134 valence electrons. The van der Waals surface area contributed by atoms with Crippen molar-refractivity contribution in [3.63, 3.8) is 0 Å². The number of halogens is 1. The van der Waals surface area contributed by atoms with Crippen LogP contribution in [0.15, 0.2) is 48.0 Å². The van der Waals surface area contributed by atoms with Gasteiger partial charge in [-0.2, -0.15) is 0 Å². The zero-order valence-corrected chi connectivity index (χ0v) is 14.9. The van der Waals surface area contributed by atoms with Gasteiger partial charge in [-0.15, -0.1) is 0 Å². The number of carbonyl (C=O) groups is 1. The van der Waals surface area contributed by atoms with Crippen LogP contribution in [0, 0.1) is 5.82 Å². The minimum absolute atomic E-state index is 0.0945. The number of nitrogens with zero attached hydrogens (tertiary/aromatic N) is 1. The molecule has 1 amide bonds. The van der Waals surface area contributed by atoms with Crippen LogP contribution >= 0.6 is 0 Å². The molecular weight excluding hydrogens is 329 g/mol. The van der Waals surface area contributed by atoms with E-state index in [1.807, 2.05) is 0 Å². The zero-order chi connectivity index (χ0) is 18.1. The van der Waals surface area contributed by atoms with Gasteiger partial charge in [0.05, 0.1) is 5.57 Å². The highest BCUT2D eigenvalue weighted by molar-refractivity contribution is 5.99. The van der Waals surface area contributed by atoms with Crippen molar-refractivity contribution in [3.8, 4) is 5.75 Å². The number of benzene rings is 2. The molecule has 0 saturated heterocycles. The van der Waals surface area contributed by atoms with Crippen molar-refractivity contribution < 1.29 is 13.9 Å². The van der Waals surface area contributed by atoms with Gasteiger partial charge in [0.2, 0.25) is 0 Å². The van der Waals surface area contributed by atoms with Crippen LogP contribution < -0.4 is 4.74 Å². The largest absolute Gasteiger partial charge is 0.488 e. The standard InChI is InChI=1S/C22H22FNO2/c1-24(13-15-5-7-17(8-6-15)16-3-2-4-16)22(25)19-11-18-12-20(23)9-10-21(18)26-14-19/h5-12,16H,2-4,13-14H2,1H3. The van der Waals surface area contributed by atoms with E-state index in [-0.39, 0.29) is 18.3 Å². The summed E-state index contributed by atoms with van der Waals surface area (Å²) < 4.78 is 19.0. The molecule has 3 nitrogen and oxygen atoms in total. The van der Waals surface area contributed by atoms with Crippen LogP contribution in [0.3, 0.4) is 0 Å². The normalized spacial score (nSPS) is 16.2. The Morgan fingerprint density at radius 3 is 2.65 bits per heavy atom. The van der Waals surface area contributed by atoms with Crippen LogP contribution in [0.2, 0.25) is 0 Å². The maximum atomic E-state index is 13.4. The van der Waals surface area contributed by atoms with Gasteiger partial charge in [0.15, 0.2) is 0 Å². The van der Waals surface area contributed by atoms with Crippen molar-refractivity contribution in [1.82, 2.24) is 4.90 Å². The van der Waals surface area contributed by atoms with E-state index in [0.717, 1.165) is 5.56 Å². The number of amides is 1. The Bertz CT molecular complexity index is 853. The molecule has 4 heteroatoms. The van der Waals surface area contributed by atoms with Gasteiger partial charge in [0, 0.05) is 19.2 Å². The number of fused-ring (bicyclic) bond motifs is 1. The Hall–Kier alpha value is -2.62. The van der Waals surface area contributed by atoms with Crippen molar-refractivity contribution in [1.29, 1.82) is 0 Å². The molecule has 1 fully saturated rings. The van der Waals surface area contributed by atoms with E-state index in [2.05, 4.69) is 24.3 Å². The van der Waals surface area contributed by atoms with E-state index in [1.54, 1.807) is 24.1 Å². The number of rotatable bonds is 4. The SMILES string of the molecule is CN(Cc1ccc(C2CCC2)cc1)C(=O)C1=Cc2cc(F)ccc2OC1. The topological polar surface area (TPSA) is 29.5 Å². The molecule has 4 rings (SSSR count). The number of hydrogen-bond donors (Lipinski definition) is 0. The molecule has 2 aliphatic rings. The zero-order valence-electron chi connectivity index (χ0n) is 14.9. The first-order valence-electron chi connectivity index (χ1n) is 9.07. The van der Waals surface area contributed by atoms with Crippen molar-refractivity contribution in [2.45, 2.75) is 31.7 Å². The summed E-state index contributed by atoms with van der Waals surface area (Å²) in [6.07, 6.45) is 5.62. The fourth-order valence-electron chi connectivity index (χ4n) is 3.50. The Morgan fingerprint density at radius 1 is 1.19 bits per heavy atom. The first kappa shape index (κ1) is 16.8. The molecule has 1 heterocycles. The molecule has 2 aromatic rings. The molecular formula is C22H22FNO2. The summed E-state index contributed by atoms with van der Waals surface area (Å²) in [6, 6.07) is 12.9. The highest BCUT2D eigenvalue weighted by Gasteiger charge is 2.22. The minimum atomic E-state index is -0.336. The van der Waals surface area contributed by atoms with Crippen molar-refractivity contribution in [2.24, 2.45) is 0 Å². The number of hydrogen-bond acceptors (Lipinski definition) is 2. The second kappa shape index (κ2) is 6.94. The van der Waals surface area contributed by atoms with Crippen LogP contribution in [-0.4, -0.2) is 24.5 Å². The molecule has 0 bridgehead atoms. The number of ether oxygens (including phenoxy) is 1. The second-order valence-electron chi connectivity index (χ2n) is 7.17. The maximum absolute atomic E-state index is 13.4. The van der Waals surface area contributed by atoms with Gasteiger partial charge in [-0.25, -0.2) is 4.39 Å². The van der Waals surface area contributed by atoms with Crippen LogP contribution in [0.5, 0.6) is 5.75 Å². The molecule has 1 aliphatic heterocycles. The van der Waals surface area contributed by atoms with Crippen LogP contribution in [0.25, 0.3) is 6.08 Å². The summed E-state index contributed by atoms with van der Waals surface area (Å²) in [5, 5.41) is 0. The lowest BCUT2D eigenvalue weighted by Crippen LogP contribution is -2.30. The summed E-state index contributed by atoms with van der Waals surface area (Å²) in [4.78, 5) is 14.4. The van der Waals surface area contributed by atoms with Gasteiger partial charge in [0.1, 0.15) is 18.2 Å². The molecule has 26 heavy (non-hydrogen) atoms. The van der Waals surface area contributed by atoms with Crippen LogP contribution in [0.4, 0.5) is 4.39 Å². The summed E-state index contributed by atoms with van der Waals surface area (Å²) in [5.74, 6) is 0.894. The lowest BCUT2D eigenvalue weighted by molar-refractivity contribution is -0.126. The van der Waals surface area contributed by atoms with Gasteiger partial charge in [-0.3, -0.25) is 4.79 Å². The molecule has 0 atom stereocenters. The van der Waals surface area contributed by atoms with Gasteiger partial charge in [0.25, 0.3) is 5.91 Å². The predicted octanol–water partition coefficient (Wildman–Crippen LogP) is 4.53. The van der Waals surface area contributed by atoms with E-state index < -0.39 is 0 Å². The van der Waals surface area contributed by atoms with Gasteiger partial charge >= 0.3 is 0 Å². The Kier molecular flexibility index (Phi) is 4.49. The summed E-state index contributed by atoms with van der Waals surface area (Å²) >= 11 is 0. The lowest BCUT2D eigenvalue weighted by Gasteiger charge is -2.26. The van der Waals surface area contributed by atoms with Crippen molar-refractivity contribution in [3.05, 3.63) is 70.5 Å². The van der Waals surface area contributed by atoms with Gasteiger partial charge in [-0.1, -0.05) is 30.7 Å². The monoisotopic (exact) mass is 351 g/mol. The Morgan fingerprint density at radius 2 is 1.96 bits per heavy atom. The van der Waals surface area contributed by atoms with Gasteiger partial charge in [-0.05, 0) is 54.2 Å². The molecule has 0 unspecified atom stereocenters. The molecule has 0 radical (unpaired) electrons. The molecule has 1 saturated carbocycles. The summed E-state index contributed by atoms with van der Waals surface area (Å²) in [7, 11) is 1.78. The molecule has 0 N–H and O–H groups in total. The smallest absolute Gasteiger partial charge is 0.253 e. The molecule has 0 aromatic heterocycles. The highest BCUT2D eigenvalue weighted by atomic mass is 19.1. The van der Waals surface area contributed by atoms with E-state index in [9.17, 15) is 9.18 Å². The van der Waals surface area contributed by atoms with E-state index >= 15 is 0 Å². The predicted molar refractivity (Wildman–Crippen MR) is 99.4 cm³/mol. The first-order chi connectivity index (χ1) is 12.6. The molecule has 0 spiro atoms. The summed E-state index contributed by atoms with van der Waals surface area (Å²) in [5.41, 5.74) is 3.65. The lowest BCUT2D eigenvalue weighted by atomic mass is 9.80. The van der Waals surface area contributed by atoms with Crippen molar-refractivity contribution >= 4 is 12.0 Å². The third-order valence-corrected chi connectivity index (χ3v) is 5.28. The fraction of sp³-hybridized carbons (Fsp3) is 0.318. The average molecular weight is 351 g/mol. The first-order valence-corrected chi connectivity index (χ1v) is 9.07. The Labute approximate surface area is 153 Å². The number of likely N-dealkylation sites (N-methyl/N-ethyl adjacent to an activating group) is 1. The maximum Gasteiger partial charge on any atom is 0.253 e. The van der Waals surface area contributed by atoms with E-state index in [0.29, 0.717) is 29.3 Å².